The van der Waals surface area contributed by atoms with Gasteiger partial charge in [-0.15, -0.1) is 0 Å². The molecule has 0 radical (unpaired) electrons. The molecule has 0 atom stereocenters. The number of para-hydroxylation sites is 1. The lowest BCUT2D eigenvalue weighted by Crippen LogP contribution is -1.96. The van der Waals surface area contributed by atoms with Crippen LogP contribution in [0.25, 0.3) is 0 Å². The van der Waals surface area contributed by atoms with Gasteiger partial charge in [-0.1, -0.05) is 23.7 Å². The Morgan fingerprint density at radius 3 is 2.65 bits per heavy atom. The first-order chi connectivity index (χ1) is 8.16. The van der Waals surface area contributed by atoms with E-state index in [0.717, 1.165) is 6.07 Å². The zero-order chi connectivity index (χ0) is 12.3. The fourth-order valence-corrected chi connectivity index (χ4v) is 1.57. The Hall–Kier alpha value is -1.74. The van der Waals surface area contributed by atoms with Crippen molar-refractivity contribution in [1.82, 2.24) is 0 Å². The average molecular weight is 253 g/mol. The normalized spacial score (nSPS) is 10.2. The molecular weight excluding hydrogens is 243 g/mol. The van der Waals surface area contributed by atoms with E-state index in [1.54, 1.807) is 24.3 Å². The van der Waals surface area contributed by atoms with E-state index in [1.165, 1.54) is 12.1 Å². The number of hydrogen-bond acceptors (Lipinski definition) is 2. The third-order valence-corrected chi connectivity index (χ3v) is 2.58. The summed E-state index contributed by atoms with van der Waals surface area (Å²) >= 11 is 5.91. The van der Waals surface area contributed by atoms with Gasteiger partial charge in [0, 0.05) is 11.6 Å². The molecule has 0 unspecified atom stereocenters. The zero-order valence-corrected chi connectivity index (χ0v) is 9.62. The van der Waals surface area contributed by atoms with Gasteiger partial charge in [-0.3, -0.25) is 0 Å². The second-order valence-electron chi connectivity index (χ2n) is 3.49. The molecule has 0 aliphatic heterocycles. The number of hydrogen-bond donors (Lipinski definition) is 1. The number of ether oxygens (including phenoxy) is 1. The van der Waals surface area contributed by atoms with Crippen molar-refractivity contribution in [2.45, 2.75) is 6.61 Å². The molecule has 88 valence electrons. The van der Waals surface area contributed by atoms with Crippen LogP contribution in [0.4, 0.5) is 4.39 Å². The van der Waals surface area contributed by atoms with E-state index in [1.807, 2.05) is 0 Å². The Balaban J connectivity index is 2.10. The Morgan fingerprint density at radius 1 is 1.18 bits per heavy atom. The molecule has 0 aromatic heterocycles. The van der Waals surface area contributed by atoms with Crippen molar-refractivity contribution >= 4 is 11.6 Å². The average Bonchev–Trinajstić information content (AvgIpc) is 2.30. The van der Waals surface area contributed by atoms with Crippen molar-refractivity contribution in [3.05, 3.63) is 58.9 Å². The zero-order valence-electron chi connectivity index (χ0n) is 8.86. The molecule has 0 fully saturated rings. The Labute approximate surface area is 103 Å². The highest BCUT2D eigenvalue weighted by Gasteiger charge is 2.05. The monoisotopic (exact) mass is 252 g/mol. The molecule has 0 saturated carbocycles. The van der Waals surface area contributed by atoms with Crippen LogP contribution in [0, 0.1) is 5.82 Å². The third-order valence-electron chi connectivity index (χ3n) is 2.27. The van der Waals surface area contributed by atoms with Crippen LogP contribution in [-0.2, 0) is 6.61 Å². The van der Waals surface area contributed by atoms with Gasteiger partial charge in [-0.05, 0) is 24.3 Å². The van der Waals surface area contributed by atoms with Crippen molar-refractivity contribution in [2.24, 2.45) is 0 Å². The summed E-state index contributed by atoms with van der Waals surface area (Å²) < 4.78 is 18.2. The molecule has 0 aliphatic rings. The molecule has 0 spiro atoms. The minimum Gasteiger partial charge on any atom is -0.507 e. The van der Waals surface area contributed by atoms with Gasteiger partial charge in [0.1, 0.15) is 23.9 Å². The number of phenols is 1. The van der Waals surface area contributed by atoms with Crippen LogP contribution in [0.1, 0.15) is 5.56 Å². The van der Waals surface area contributed by atoms with Gasteiger partial charge in [0.2, 0.25) is 0 Å². The standard InChI is InChI=1S/C13H10ClFO2/c14-11-3-1-2-4-13(11)17-8-9-5-6-10(15)7-12(9)16/h1-7,16H,8H2. The molecule has 0 aliphatic carbocycles. The fraction of sp³-hybridized carbons (Fsp3) is 0.0769. The van der Waals surface area contributed by atoms with Crippen molar-refractivity contribution in [3.63, 3.8) is 0 Å². The highest BCUT2D eigenvalue weighted by Crippen LogP contribution is 2.26. The maximum absolute atomic E-state index is 12.8. The quantitative estimate of drug-likeness (QED) is 0.901. The summed E-state index contributed by atoms with van der Waals surface area (Å²) in [6, 6.07) is 10.8. The van der Waals surface area contributed by atoms with E-state index in [9.17, 15) is 9.50 Å². The highest BCUT2D eigenvalue weighted by molar-refractivity contribution is 6.32. The molecule has 1 N–H and O–H groups in total. The Morgan fingerprint density at radius 2 is 1.94 bits per heavy atom. The topological polar surface area (TPSA) is 29.5 Å². The Kier molecular flexibility index (Phi) is 3.49. The van der Waals surface area contributed by atoms with Crippen LogP contribution in [0.15, 0.2) is 42.5 Å². The summed E-state index contributed by atoms with van der Waals surface area (Å²) in [5.41, 5.74) is 0.506. The lowest BCUT2D eigenvalue weighted by molar-refractivity contribution is 0.299. The van der Waals surface area contributed by atoms with Crippen LogP contribution >= 0.6 is 11.6 Å². The van der Waals surface area contributed by atoms with Gasteiger partial charge in [-0.25, -0.2) is 4.39 Å². The fourth-order valence-electron chi connectivity index (χ4n) is 1.38. The summed E-state index contributed by atoms with van der Waals surface area (Å²) in [7, 11) is 0. The first kappa shape index (κ1) is 11.7. The predicted molar refractivity (Wildman–Crippen MR) is 63.8 cm³/mol. The van der Waals surface area contributed by atoms with Crippen LogP contribution in [0.2, 0.25) is 5.02 Å². The van der Waals surface area contributed by atoms with Gasteiger partial charge in [0.05, 0.1) is 5.02 Å². The summed E-state index contributed by atoms with van der Waals surface area (Å²) in [6.07, 6.45) is 0. The second kappa shape index (κ2) is 5.06. The minimum atomic E-state index is -0.482. The van der Waals surface area contributed by atoms with Crippen molar-refractivity contribution < 1.29 is 14.2 Å². The number of phenolic OH excluding ortho intramolecular Hbond substituents is 1. The molecular formula is C13H10ClFO2. The lowest BCUT2D eigenvalue weighted by atomic mass is 10.2. The highest BCUT2D eigenvalue weighted by atomic mass is 35.5. The molecule has 2 nitrogen and oxygen atoms in total. The van der Waals surface area contributed by atoms with E-state index >= 15 is 0 Å². The number of aromatic hydroxyl groups is 1. The maximum Gasteiger partial charge on any atom is 0.138 e. The van der Waals surface area contributed by atoms with Crippen LogP contribution < -0.4 is 4.74 Å². The van der Waals surface area contributed by atoms with E-state index < -0.39 is 5.82 Å². The van der Waals surface area contributed by atoms with Crippen LogP contribution in [-0.4, -0.2) is 5.11 Å². The molecule has 4 heteroatoms. The summed E-state index contributed by atoms with van der Waals surface area (Å²) in [5, 5.41) is 9.98. The molecule has 2 aromatic carbocycles. The summed E-state index contributed by atoms with van der Waals surface area (Å²) in [6.45, 7) is 0.135. The lowest BCUT2D eigenvalue weighted by Gasteiger charge is -2.09. The Bertz CT molecular complexity index is 529. The smallest absolute Gasteiger partial charge is 0.138 e. The largest absolute Gasteiger partial charge is 0.507 e. The van der Waals surface area contributed by atoms with E-state index in [4.69, 9.17) is 16.3 Å². The molecule has 2 aromatic rings. The number of benzene rings is 2. The van der Waals surface area contributed by atoms with E-state index in [-0.39, 0.29) is 12.4 Å². The second-order valence-corrected chi connectivity index (χ2v) is 3.90. The van der Waals surface area contributed by atoms with Gasteiger partial charge in [0.15, 0.2) is 0 Å². The molecule has 0 heterocycles. The summed E-state index contributed by atoms with van der Waals surface area (Å²) in [5.74, 6) is -0.0843. The van der Waals surface area contributed by atoms with Crippen molar-refractivity contribution in [2.75, 3.05) is 0 Å². The molecule has 0 bridgehead atoms. The van der Waals surface area contributed by atoms with Crippen molar-refractivity contribution in [3.8, 4) is 11.5 Å². The van der Waals surface area contributed by atoms with E-state index in [2.05, 4.69) is 0 Å². The SMILES string of the molecule is Oc1cc(F)ccc1COc1ccccc1Cl. The van der Waals surface area contributed by atoms with Gasteiger partial charge in [-0.2, -0.15) is 0 Å². The summed E-state index contributed by atoms with van der Waals surface area (Å²) in [4.78, 5) is 0. The molecule has 0 amide bonds. The maximum atomic E-state index is 12.8. The minimum absolute atomic E-state index is 0.128. The van der Waals surface area contributed by atoms with Gasteiger partial charge < -0.3 is 9.84 Å². The van der Waals surface area contributed by atoms with Crippen LogP contribution in [0.3, 0.4) is 0 Å². The molecule has 17 heavy (non-hydrogen) atoms. The van der Waals surface area contributed by atoms with Gasteiger partial charge in [0.25, 0.3) is 0 Å². The first-order valence-electron chi connectivity index (χ1n) is 5.01. The predicted octanol–water partition coefficient (Wildman–Crippen LogP) is 3.76. The van der Waals surface area contributed by atoms with Gasteiger partial charge >= 0.3 is 0 Å². The first-order valence-corrected chi connectivity index (χ1v) is 5.39. The van der Waals surface area contributed by atoms with Crippen LogP contribution in [0.5, 0.6) is 11.5 Å². The number of halogens is 2. The molecule has 2 rings (SSSR count). The molecule has 0 saturated heterocycles. The van der Waals surface area contributed by atoms with Crippen molar-refractivity contribution in [1.29, 1.82) is 0 Å². The third kappa shape index (κ3) is 2.88. The number of rotatable bonds is 3. The van der Waals surface area contributed by atoms with E-state index in [0.29, 0.717) is 16.3 Å².